The molecule has 0 unspecified atom stereocenters. The number of nitrogens with zero attached hydrogens (tertiary/aromatic N) is 1. The molecule has 0 aliphatic rings. The van der Waals surface area contributed by atoms with E-state index in [1.165, 1.54) is 6.92 Å². The molecule has 18 heavy (non-hydrogen) atoms. The van der Waals surface area contributed by atoms with Gasteiger partial charge in [-0.15, -0.1) is 0 Å². The molecule has 1 aromatic rings. The van der Waals surface area contributed by atoms with Gasteiger partial charge in [0.15, 0.2) is 5.96 Å². The van der Waals surface area contributed by atoms with E-state index in [0.29, 0.717) is 12.1 Å². The monoisotopic (exact) mass is 263 g/mol. The van der Waals surface area contributed by atoms with E-state index in [1.54, 1.807) is 0 Å². The summed E-state index contributed by atoms with van der Waals surface area (Å²) in [5, 5.41) is 0. The van der Waals surface area contributed by atoms with Crippen LogP contribution in [0.25, 0.3) is 0 Å². The van der Waals surface area contributed by atoms with Gasteiger partial charge in [-0.25, -0.2) is 4.39 Å². The van der Waals surface area contributed by atoms with Crippen molar-refractivity contribution in [3.8, 4) is 0 Å². The Morgan fingerprint density at radius 3 is 2.28 bits per heavy atom. The molecule has 0 atom stereocenters. The lowest BCUT2D eigenvalue weighted by atomic mass is 10.0. The van der Waals surface area contributed by atoms with Crippen LogP contribution >= 0.6 is 0 Å². The third-order valence-corrected chi connectivity index (χ3v) is 2.08. The third-order valence-electron chi connectivity index (χ3n) is 2.08. The van der Waals surface area contributed by atoms with Crippen molar-refractivity contribution >= 4 is 11.9 Å². The highest BCUT2D eigenvalue weighted by molar-refractivity contribution is 6.02. The number of carbonyl (C=O) groups excluding carboxylic acids is 1. The van der Waals surface area contributed by atoms with E-state index in [1.807, 2.05) is 0 Å². The number of hydrogen-bond acceptors (Lipinski definition) is 1. The highest BCUT2D eigenvalue weighted by Crippen LogP contribution is 2.33. The molecule has 0 aliphatic heterocycles. The number of carbonyl (C=O) groups is 1. The number of guanidine groups is 1. The van der Waals surface area contributed by atoms with Gasteiger partial charge in [0.25, 0.3) is 5.91 Å². The van der Waals surface area contributed by atoms with Crippen LogP contribution in [0, 0.1) is 12.7 Å². The number of hydrogen-bond donors (Lipinski definition) is 2. The summed E-state index contributed by atoms with van der Waals surface area (Å²) in [6.07, 6.45) is -4.90. The number of alkyl halides is 3. The molecule has 0 fully saturated rings. The molecule has 1 amide bonds. The molecule has 0 saturated heterocycles. The maximum absolute atomic E-state index is 13.1. The minimum absolute atomic E-state index is 0.00972. The number of benzene rings is 1. The van der Waals surface area contributed by atoms with Gasteiger partial charge < -0.3 is 11.5 Å². The zero-order chi connectivity index (χ0) is 14.1. The zero-order valence-corrected chi connectivity index (χ0v) is 9.18. The highest BCUT2D eigenvalue weighted by Gasteiger charge is 2.35. The molecule has 8 heteroatoms. The fourth-order valence-electron chi connectivity index (χ4n) is 1.30. The number of rotatable bonds is 1. The lowest BCUT2D eigenvalue weighted by molar-refractivity contribution is -0.140. The predicted molar refractivity (Wildman–Crippen MR) is 56.3 cm³/mol. The number of halogens is 4. The van der Waals surface area contributed by atoms with Crippen LogP contribution in [-0.2, 0) is 6.18 Å². The van der Waals surface area contributed by atoms with E-state index in [2.05, 4.69) is 4.99 Å². The SMILES string of the molecule is Cc1cc(F)c(C(F)(F)F)cc1C(=O)N=C(N)N. The van der Waals surface area contributed by atoms with Gasteiger partial charge in [0.05, 0.1) is 5.56 Å². The lowest BCUT2D eigenvalue weighted by Crippen LogP contribution is -2.24. The Balaban J connectivity index is 3.39. The van der Waals surface area contributed by atoms with E-state index in [4.69, 9.17) is 11.5 Å². The van der Waals surface area contributed by atoms with Crippen LogP contribution in [0.1, 0.15) is 21.5 Å². The first-order valence-electron chi connectivity index (χ1n) is 4.64. The largest absolute Gasteiger partial charge is 0.419 e. The molecular formula is C10H9F4N3O. The Morgan fingerprint density at radius 2 is 1.83 bits per heavy atom. The van der Waals surface area contributed by atoms with Crippen LogP contribution in [0.5, 0.6) is 0 Å². The Morgan fingerprint density at radius 1 is 1.28 bits per heavy atom. The van der Waals surface area contributed by atoms with Crippen molar-refractivity contribution in [3.63, 3.8) is 0 Å². The summed E-state index contributed by atoms with van der Waals surface area (Å²) in [5.74, 6) is -3.10. The molecule has 0 radical (unpaired) electrons. The van der Waals surface area contributed by atoms with Gasteiger partial charge in [0, 0.05) is 5.56 Å². The topological polar surface area (TPSA) is 81.5 Å². The smallest absolute Gasteiger partial charge is 0.370 e. The van der Waals surface area contributed by atoms with Gasteiger partial charge in [0.1, 0.15) is 5.82 Å². The molecular weight excluding hydrogens is 254 g/mol. The van der Waals surface area contributed by atoms with Crippen molar-refractivity contribution in [1.29, 1.82) is 0 Å². The first kappa shape index (κ1) is 13.9. The van der Waals surface area contributed by atoms with Crippen molar-refractivity contribution in [2.45, 2.75) is 13.1 Å². The highest BCUT2D eigenvalue weighted by atomic mass is 19.4. The average molecular weight is 263 g/mol. The van der Waals surface area contributed by atoms with Crippen LogP contribution < -0.4 is 11.5 Å². The van der Waals surface area contributed by atoms with Crippen LogP contribution in [-0.4, -0.2) is 11.9 Å². The summed E-state index contributed by atoms with van der Waals surface area (Å²) in [6.45, 7) is 1.28. The first-order chi connectivity index (χ1) is 8.12. The van der Waals surface area contributed by atoms with Crippen LogP contribution in [0.15, 0.2) is 17.1 Å². The van der Waals surface area contributed by atoms with Gasteiger partial charge in [-0.1, -0.05) is 0 Å². The second-order valence-electron chi connectivity index (χ2n) is 3.49. The lowest BCUT2D eigenvalue weighted by Gasteiger charge is -2.10. The van der Waals surface area contributed by atoms with E-state index < -0.39 is 35.0 Å². The van der Waals surface area contributed by atoms with Crippen molar-refractivity contribution in [2.75, 3.05) is 0 Å². The molecule has 4 nitrogen and oxygen atoms in total. The van der Waals surface area contributed by atoms with Crippen LogP contribution in [0.2, 0.25) is 0 Å². The quantitative estimate of drug-likeness (QED) is 0.458. The van der Waals surface area contributed by atoms with Gasteiger partial charge in [-0.2, -0.15) is 18.2 Å². The molecule has 0 bridgehead atoms. The Hall–Kier alpha value is -2.12. The van der Waals surface area contributed by atoms with Crippen LogP contribution in [0.3, 0.4) is 0 Å². The summed E-state index contributed by atoms with van der Waals surface area (Å²) >= 11 is 0. The van der Waals surface area contributed by atoms with E-state index in [-0.39, 0.29) is 5.56 Å². The number of aliphatic imine (C=N–C) groups is 1. The number of nitrogens with two attached hydrogens (primary N) is 2. The zero-order valence-electron chi connectivity index (χ0n) is 9.18. The summed E-state index contributed by atoms with van der Waals surface area (Å²) in [7, 11) is 0. The van der Waals surface area contributed by atoms with Gasteiger partial charge in [0.2, 0.25) is 0 Å². The Labute approximate surface area is 99.3 Å². The summed E-state index contributed by atoms with van der Waals surface area (Å²) in [5.41, 5.74) is 7.95. The molecule has 4 N–H and O–H groups in total. The maximum atomic E-state index is 13.1. The molecule has 0 spiro atoms. The Kier molecular flexibility index (Phi) is 3.59. The molecule has 0 saturated carbocycles. The molecule has 0 aliphatic carbocycles. The Bertz CT molecular complexity index is 519. The minimum Gasteiger partial charge on any atom is -0.370 e. The number of aryl methyl sites for hydroxylation is 1. The minimum atomic E-state index is -4.90. The molecule has 1 rings (SSSR count). The summed E-state index contributed by atoms with van der Waals surface area (Å²) in [6, 6.07) is 0.998. The summed E-state index contributed by atoms with van der Waals surface area (Å²) in [4.78, 5) is 14.5. The third kappa shape index (κ3) is 2.96. The predicted octanol–water partition coefficient (Wildman–Crippen LogP) is 1.57. The van der Waals surface area contributed by atoms with Gasteiger partial charge in [-0.05, 0) is 24.6 Å². The average Bonchev–Trinajstić information content (AvgIpc) is 2.13. The molecule has 0 heterocycles. The van der Waals surface area contributed by atoms with Crippen molar-refractivity contribution in [1.82, 2.24) is 0 Å². The van der Waals surface area contributed by atoms with Crippen molar-refractivity contribution in [3.05, 3.63) is 34.6 Å². The maximum Gasteiger partial charge on any atom is 0.419 e. The van der Waals surface area contributed by atoms with Gasteiger partial charge >= 0.3 is 6.18 Å². The van der Waals surface area contributed by atoms with Crippen molar-refractivity contribution in [2.24, 2.45) is 16.5 Å². The number of amides is 1. The van der Waals surface area contributed by atoms with Gasteiger partial charge in [-0.3, -0.25) is 4.79 Å². The molecule has 1 aromatic carbocycles. The second kappa shape index (κ2) is 4.63. The normalized spacial score (nSPS) is 11.2. The van der Waals surface area contributed by atoms with Crippen LogP contribution in [0.4, 0.5) is 17.6 Å². The van der Waals surface area contributed by atoms with Crippen molar-refractivity contribution < 1.29 is 22.4 Å². The van der Waals surface area contributed by atoms with E-state index in [0.717, 1.165) is 0 Å². The molecule has 98 valence electrons. The fourth-order valence-corrected chi connectivity index (χ4v) is 1.30. The van der Waals surface area contributed by atoms with E-state index >= 15 is 0 Å². The van der Waals surface area contributed by atoms with E-state index in [9.17, 15) is 22.4 Å². The second-order valence-corrected chi connectivity index (χ2v) is 3.49. The first-order valence-corrected chi connectivity index (χ1v) is 4.64. The fraction of sp³-hybridized carbons (Fsp3) is 0.200. The molecule has 0 aromatic heterocycles. The standard InChI is InChI=1S/C10H9F4N3O/c1-4-2-7(11)6(10(12,13)14)3-5(4)8(18)17-9(15)16/h2-3H,1H3,(H4,15,16,17,18). The summed E-state index contributed by atoms with van der Waals surface area (Å²) < 4.78 is 50.5.